The SMILES string of the molecule is Cc1cccc(/C=N\N(c2ccccc2)c2ccccc2)c1. The molecule has 0 atom stereocenters. The van der Waals surface area contributed by atoms with Gasteiger partial charge in [0.05, 0.1) is 17.6 Å². The molecule has 0 spiro atoms. The first-order valence-corrected chi connectivity index (χ1v) is 7.34. The molecule has 3 aromatic rings. The number of hydrazone groups is 1. The highest BCUT2D eigenvalue weighted by molar-refractivity contribution is 5.82. The number of hydrogen-bond acceptors (Lipinski definition) is 2. The van der Waals surface area contributed by atoms with Crippen molar-refractivity contribution in [2.75, 3.05) is 5.01 Å². The molecular weight excluding hydrogens is 268 g/mol. The van der Waals surface area contributed by atoms with Crippen molar-refractivity contribution >= 4 is 17.6 Å². The monoisotopic (exact) mass is 286 g/mol. The van der Waals surface area contributed by atoms with Gasteiger partial charge in [-0.25, -0.2) is 5.01 Å². The van der Waals surface area contributed by atoms with E-state index in [4.69, 9.17) is 0 Å². The molecule has 0 bridgehead atoms. The molecule has 0 amide bonds. The van der Waals surface area contributed by atoms with Gasteiger partial charge in [-0.05, 0) is 36.8 Å². The summed E-state index contributed by atoms with van der Waals surface area (Å²) in [4.78, 5) is 0. The highest BCUT2D eigenvalue weighted by Gasteiger charge is 2.06. The first kappa shape index (κ1) is 14.1. The van der Waals surface area contributed by atoms with Crippen LogP contribution in [0.1, 0.15) is 11.1 Å². The summed E-state index contributed by atoms with van der Waals surface area (Å²) in [5.74, 6) is 0. The molecule has 0 saturated heterocycles. The first-order valence-electron chi connectivity index (χ1n) is 7.34. The Morgan fingerprint density at radius 1 is 0.727 bits per heavy atom. The third-order valence-electron chi connectivity index (χ3n) is 3.37. The Morgan fingerprint density at radius 3 is 1.86 bits per heavy atom. The van der Waals surface area contributed by atoms with Gasteiger partial charge in [0.25, 0.3) is 0 Å². The predicted molar refractivity (Wildman–Crippen MR) is 93.8 cm³/mol. The Morgan fingerprint density at radius 2 is 1.32 bits per heavy atom. The highest BCUT2D eigenvalue weighted by atomic mass is 15.5. The zero-order valence-electron chi connectivity index (χ0n) is 12.6. The minimum Gasteiger partial charge on any atom is -0.234 e. The molecule has 0 unspecified atom stereocenters. The molecule has 0 radical (unpaired) electrons. The Bertz CT molecular complexity index is 709. The predicted octanol–water partition coefficient (Wildman–Crippen LogP) is 5.17. The quantitative estimate of drug-likeness (QED) is 0.477. The van der Waals surface area contributed by atoms with E-state index in [-0.39, 0.29) is 0 Å². The van der Waals surface area contributed by atoms with Crippen molar-refractivity contribution in [1.29, 1.82) is 0 Å². The Balaban J connectivity index is 1.96. The summed E-state index contributed by atoms with van der Waals surface area (Å²) in [5.41, 5.74) is 4.40. The van der Waals surface area contributed by atoms with Gasteiger partial charge in [0.15, 0.2) is 0 Å². The lowest BCUT2D eigenvalue weighted by Crippen LogP contribution is -2.09. The minimum absolute atomic E-state index is 1.04. The van der Waals surface area contributed by atoms with E-state index in [0.717, 1.165) is 16.9 Å². The van der Waals surface area contributed by atoms with Crippen LogP contribution in [0, 0.1) is 6.92 Å². The maximum absolute atomic E-state index is 4.68. The lowest BCUT2D eigenvalue weighted by Gasteiger charge is -2.19. The summed E-state index contributed by atoms with van der Waals surface area (Å²) >= 11 is 0. The van der Waals surface area contributed by atoms with Crippen LogP contribution in [0.4, 0.5) is 11.4 Å². The molecule has 0 aliphatic carbocycles. The molecule has 22 heavy (non-hydrogen) atoms. The van der Waals surface area contributed by atoms with Crippen molar-refractivity contribution in [3.05, 3.63) is 96.1 Å². The van der Waals surface area contributed by atoms with Crippen molar-refractivity contribution < 1.29 is 0 Å². The minimum atomic E-state index is 1.04. The summed E-state index contributed by atoms with van der Waals surface area (Å²) in [6.07, 6.45) is 1.90. The van der Waals surface area contributed by atoms with E-state index in [0.29, 0.717) is 0 Å². The number of anilines is 2. The number of rotatable bonds is 4. The Kier molecular flexibility index (Phi) is 4.30. The van der Waals surface area contributed by atoms with Crippen LogP contribution in [0.3, 0.4) is 0 Å². The van der Waals surface area contributed by atoms with Gasteiger partial charge in [-0.1, -0.05) is 66.2 Å². The van der Waals surface area contributed by atoms with Gasteiger partial charge in [-0.15, -0.1) is 0 Å². The molecular formula is C20H18N2. The van der Waals surface area contributed by atoms with E-state index in [2.05, 4.69) is 54.5 Å². The molecule has 2 heteroatoms. The van der Waals surface area contributed by atoms with Crippen LogP contribution in [0.25, 0.3) is 0 Å². The van der Waals surface area contributed by atoms with E-state index in [9.17, 15) is 0 Å². The second kappa shape index (κ2) is 6.72. The Labute approximate surface area is 131 Å². The maximum atomic E-state index is 4.68. The molecule has 0 aliphatic heterocycles. The van der Waals surface area contributed by atoms with Crippen LogP contribution < -0.4 is 5.01 Å². The molecule has 0 N–H and O–H groups in total. The number of benzene rings is 3. The van der Waals surface area contributed by atoms with Crippen molar-refractivity contribution in [2.45, 2.75) is 6.92 Å². The molecule has 0 fully saturated rings. The molecule has 3 aromatic carbocycles. The summed E-state index contributed by atoms with van der Waals surface area (Å²) < 4.78 is 0. The zero-order valence-corrected chi connectivity index (χ0v) is 12.6. The molecule has 108 valence electrons. The fourth-order valence-electron chi connectivity index (χ4n) is 2.30. The Hall–Kier alpha value is -2.87. The average molecular weight is 286 g/mol. The van der Waals surface area contributed by atoms with E-state index in [1.165, 1.54) is 5.56 Å². The lowest BCUT2D eigenvalue weighted by atomic mass is 10.2. The molecule has 2 nitrogen and oxygen atoms in total. The largest absolute Gasteiger partial charge is 0.234 e. The number of aryl methyl sites for hydroxylation is 1. The summed E-state index contributed by atoms with van der Waals surface area (Å²) in [5, 5.41) is 6.63. The van der Waals surface area contributed by atoms with Crippen molar-refractivity contribution in [3.8, 4) is 0 Å². The molecule has 0 aromatic heterocycles. The van der Waals surface area contributed by atoms with Gasteiger partial charge >= 0.3 is 0 Å². The lowest BCUT2D eigenvalue weighted by molar-refractivity contribution is 1.09. The van der Waals surface area contributed by atoms with Crippen molar-refractivity contribution in [3.63, 3.8) is 0 Å². The molecule has 3 rings (SSSR count). The normalized spacial score (nSPS) is 10.8. The van der Waals surface area contributed by atoms with E-state index >= 15 is 0 Å². The van der Waals surface area contributed by atoms with Crippen LogP contribution >= 0.6 is 0 Å². The fourth-order valence-corrected chi connectivity index (χ4v) is 2.30. The zero-order chi connectivity index (χ0) is 15.2. The number of para-hydroxylation sites is 2. The second-order valence-electron chi connectivity index (χ2n) is 5.14. The van der Waals surface area contributed by atoms with E-state index in [1.807, 2.05) is 53.7 Å². The smallest absolute Gasteiger partial charge is 0.0652 e. The van der Waals surface area contributed by atoms with Crippen molar-refractivity contribution in [2.24, 2.45) is 5.10 Å². The van der Waals surface area contributed by atoms with Crippen LogP contribution in [-0.4, -0.2) is 6.21 Å². The van der Waals surface area contributed by atoms with E-state index in [1.54, 1.807) is 0 Å². The second-order valence-corrected chi connectivity index (χ2v) is 5.14. The van der Waals surface area contributed by atoms with Crippen molar-refractivity contribution in [1.82, 2.24) is 0 Å². The molecule has 0 aliphatic rings. The van der Waals surface area contributed by atoms with E-state index < -0.39 is 0 Å². The fraction of sp³-hybridized carbons (Fsp3) is 0.0500. The van der Waals surface area contributed by atoms with Gasteiger partial charge in [-0.3, -0.25) is 0 Å². The molecule has 0 heterocycles. The number of nitrogens with zero attached hydrogens (tertiary/aromatic N) is 2. The topological polar surface area (TPSA) is 15.6 Å². The maximum Gasteiger partial charge on any atom is 0.0652 e. The summed E-state index contributed by atoms with van der Waals surface area (Å²) in [6, 6.07) is 28.6. The van der Waals surface area contributed by atoms with Gasteiger partial charge in [-0.2, -0.15) is 5.10 Å². The summed E-state index contributed by atoms with van der Waals surface area (Å²) in [7, 11) is 0. The van der Waals surface area contributed by atoms with Gasteiger partial charge < -0.3 is 0 Å². The van der Waals surface area contributed by atoms with Gasteiger partial charge in [0, 0.05) is 0 Å². The third kappa shape index (κ3) is 3.41. The molecule has 0 saturated carbocycles. The van der Waals surface area contributed by atoms with Gasteiger partial charge in [0.2, 0.25) is 0 Å². The van der Waals surface area contributed by atoms with Crippen LogP contribution in [0.2, 0.25) is 0 Å². The van der Waals surface area contributed by atoms with Crippen LogP contribution in [0.5, 0.6) is 0 Å². The third-order valence-corrected chi connectivity index (χ3v) is 3.37. The number of hydrogen-bond donors (Lipinski definition) is 0. The highest BCUT2D eigenvalue weighted by Crippen LogP contribution is 2.25. The first-order chi connectivity index (χ1) is 10.8. The van der Waals surface area contributed by atoms with Crippen LogP contribution in [0.15, 0.2) is 90.0 Å². The standard InChI is InChI=1S/C20H18N2/c1-17-9-8-10-18(15-17)16-21-22(19-11-4-2-5-12-19)20-13-6-3-7-14-20/h2-16H,1H3/b21-16-. The van der Waals surface area contributed by atoms with Crippen LogP contribution in [-0.2, 0) is 0 Å². The average Bonchev–Trinajstić information content (AvgIpc) is 2.57. The van der Waals surface area contributed by atoms with Gasteiger partial charge in [0.1, 0.15) is 0 Å². The summed E-state index contributed by atoms with van der Waals surface area (Å²) in [6.45, 7) is 2.09.